The number of amides is 1. The van der Waals surface area contributed by atoms with Gasteiger partial charge in [-0.1, -0.05) is 20.8 Å². The second-order valence-electron chi connectivity index (χ2n) is 5.60. The summed E-state index contributed by atoms with van der Waals surface area (Å²) in [6, 6.07) is -0.741. The Labute approximate surface area is 95.0 Å². The third-order valence-corrected chi connectivity index (χ3v) is 2.60. The van der Waals surface area contributed by atoms with Gasteiger partial charge >= 0.3 is 0 Å². The van der Waals surface area contributed by atoms with Crippen LogP contribution in [0.5, 0.6) is 0 Å². The van der Waals surface area contributed by atoms with E-state index in [4.69, 9.17) is 0 Å². The first kappa shape index (κ1) is 13.4. The summed E-state index contributed by atoms with van der Waals surface area (Å²) in [6.45, 7) is 6.35. The molecule has 5 heteroatoms. The molecule has 1 atom stereocenters. The number of carbonyl (C=O) groups excluding carboxylic acids is 1. The fourth-order valence-electron chi connectivity index (χ4n) is 1.58. The molecular weight excluding hydrogens is 214 g/mol. The van der Waals surface area contributed by atoms with Crippen LogP contribution in [0.2, 0.25) is 0 Å². The van der Waals surface area contributed by atoms with E-state index < -0.39 is 24.9 Å². The predicted octanol–water partition coefficient (Wildman–Crippen LogP) is 1.54. The van der Waals surface area contributed by atoms with Gasteiger partial charge in [-0.2, -0.15) is 0 Å². The van der Waals surface area contributed by atoms with Crippen LogP contribution >= 0.6 is 0 Å². The highest BCUT2D eigenvalue weighted by Gasteiger charge is 2.42. The average Bonchev–Trinajstić information content (AvgIpc) is 2.43. The molecule has 1 heterocycles. The van der Waals surface area contributed by atoms with Crippen molar-refractivity contribution >= 4 is 5.91 Å². The van der Waals surface area contributed by atoms with Crippen LogP contribution in [0.15, 0.2) is 0 Å². The zero-order chi connectivity index (χ0) is 12.4. The first-order chi connectivity index (χ1) is 7.20. The minimum absolute atomic E-state index is 0.139. The van der Waals surface area contributed by atoms with Gasteiger partial charge in [0.05, 0.1) is 12.6 Å². The number of rotatable bonds is 3. The Bertz CT molecular complexity index is 261. The third-order valence-electron chi connectivity index (χ3n) is 2.60. The first-order valence-corrected chi connectivity index (χ1v) is 5.59. The average molecular weight is 234 g/mol. The molecule has 0 aromatic heterocycles. The molecule has 1 rings (SSSR count). The van der Waals surface area contributed by atoms with Crippen molar-refractivity contribution in [3.8, 4) is 0 Å². The van der Waals surface area contributed by atoms with Crippen LogP contribution in [-0.2, 0) is 4.79 Å². The quantitative estimate of drug-likeness (QED) is 0.777. The van der Waals surface area contributed by atoms with Crippen LogP contribution in [0, 0.1) is 5.41 Å². The summed E-state index contributed by atoms with van der Waals surface area (Å²) in [5.41, 5.74) is 0.139. The van der Waals surface area contributed by atoms with Crippen LogP contribution < -0.4 is 10.6 Å². The summed E-state index contributed by atoms with van der Waals surface area (Å²) in [5.74, 6) is -3.06. The molecule has 1 amide bonds. The van der Waals surface area contributed by atoms with Gasteiger partial charge in [0, 0.05) is 13.0 Å². The largest absolute Gasteiger partial charge is 0.355 e. The first-order valence-electron chi connectivity index (χ1n) is 5.59. The maximum absolute atomic E-state index is 12.8. The van der Waals surface area contributed by atoms with Crippen molar-refractivity contribution in [2.75, 3.05) is 13.1 Å². The second kappa shape index (κ2) is 4.65. The van der Waals surface area contributed by atoms with Gasteiger partial charge in [-0.05, 0) is 11.8 Å². The maximum atomic E-state index is 12.8. The van der Waals surface area contributed by atoms with E-state index in [0.717, 1.165) is 6.42 Å². The lowest BCUT2D eigenvalue weighted by Gasteiger charge is -2.19. The van der Waals surface area contributed by atoms with Crippen LogP contribution in [0.4, 0.5) is 8.78 Å². The Kier molecular flexibility index (Phi) is 3.88. The van der Waals surface area contributed by atoms with E-state index in [9.17, 15) is 13.6 Å². The van der Waals surface area contributed by atoms with E-state index >= 15 is 0 Å². The van der Waals surface area contributed by atoms with Crippen molar-refractivity contribution in [2.24, 2.45) is 5.41 Å². The molecule has 2 N–H and O–H groups in total. The Morgan fingerprint density at radius 1 is 1.50 bits per heavy atom. The van der Waals surface area contributed by atoms with E-state index in [1.165, 1.54) is 0 Å². The summed E-state index contributed by atoms with van der Waals surface area (Å²) < 4.78 is 25.6. The molecule has 0 saturated carbocycles. The van der Waals surface area contributed by atoms with Crippen molar-refractivity contribution in [3.05, 3.63) is 0 Å². The Hall–Kier alpha value is -0.710. The molecule has 1 aliphatic rings. The van der Waals surface area contributed by atoms with E-state index in [1.807, 2.05) is 0 Å². The van der Waals surface area contributed by atoms with Crippen LogP contribution in [0.1, 0.15) is 33.6 Å². The summed E-state index contributed by atoms with van der Waals surface area (Å²) in [7, 11) is 0. The van der Waals surface area contributed by atoms with Crippen molar-refractivity contribution in [2.45, 2.75) is 45.6 Å². The molecule has 1 aliphatic heterocycles. The van der Waals surface area contributed by atoms with Gasteiger partial charge in [-0.15, -0.1) is 0 Å². The zero-order valence-corrected chi connectivity index (χ0v) is 10.1. The summed E-state index contributed by atoms with van der Waals surface area (Å²) in [6.07, 6.45) is 0.441. The molecule has 0 aromatic carbocycles. The number of nitrogens with one attached hydrogen (secondary N) is 2. The smallest absolute Gasteiger partial charge is 0.262 e. The molecule has 1 unspecified atom stereocenters. The fraction of sp³-hybridized carbons (Fsp3) is 0.909. The van der Waals surface area contributed by atoms with E-state index in [0.29, 0.717) is 6.54 Å². The third kappa shape index (κ3) is 4.43. The summed E-state index contributed by atoms with van der Waals surface area (Å²) >= 11 is 0. The van der Waals surface area contributed by atoms with Crippen molar-refractivity contribution in [1.29, 1.82) is 0 Å². The molecule has 16 heavy (non-hydrogen) atoms. The van der Waals surface area contributed by atoms with Gasteiger partial charge in [0.25, 0.3) is 5.92 Å². The van der Waals surface area contributed by atoms with Crippen LogP contribution in [0.25, 0.3) is 0 Å². The molecular formula is C11H20F2N2O. The number of alkyl halides is 2. The second-order valence-corrected chi connectivity index (χ2v) is 5.60. The Morgan fingerprint density at radius 2 is 2.12 bits per heavy atom. The molecule has 3 nitrogen and oxygen atoms in total. The highest BCUT2D eigenvalue weighted by Crippen LogP contribution is 2.25. The molecule has 0 bridgehead atoms. The van der Waals surface area contributed by atoms with Crippen molar-refractivity contribution < 1.29 is 13.6 Å². The molecule has 0 radical (unpaired) electrons. The van der Waals surface area contributed by atoms with E-state index in [-0.39, 0.29) is 11.3 Å². The minimum atomic E-state index is -2.74. The Balaban J connectivity index is 2.27. The zero-order valence-electron chi connectivity index (χ0n) is 10.1. The molecule has 1 saturated heterocycles. The number of hydrogen-bond acceptors (Lipinski definition) is 2. The predicted molar refractivity (Wildman–Crippen MR) is 58.4 cm³/mol. The number of hydrogen-bond donors (Lipinski definition) is 2. The standard InChI is InChI=1S/C11H20F2N2O/c1-10(2,3)4-5-14-9(16)8-6-11(12,13)7-15-8/h8,15H,4-7H2,1-3H3,(H,14,16). The van der Waals surface area contributed by atoms with Crippen LogP contribution in [-0.4, -0.2) is 31.0 Å². The highest BCUT2D eigenvalue weighted by atomic mass is 19.3. The lowest BCUT2D eigenvalue weighted by molar-refractivity contribution is -0.123. The Morgan fingerprint density at radius 3 is 2.56 bits per heavy atom. The summed E-state index contributed by atoms with van der Waals surface area (Å²) in [4.78, 5) is 11.5. The fourth-order valence-corrected chi connectivity index (χ4v) is 1.58. The summed E-state index contributed by atoms with van der Waals surface area (Å²) in [5, 5.41) is 5.22. The van der Waals surface area contributed by atoms with Crippen molar-refractivity contribution in [1.82, 2.24) is 10.6 Å². The minimum Gasteiger partial charge on any atom is -0.355 e. The van der Waals surface area contributed by atoms with Crippen molar-refractivity contribution in [3.63, 3.8) is 0 Å². The molecule has 0 aromatic rings. The molecule has 0 spiro atoms. The lowest BCUT2D eigenvalue weighted by Crippen LogP contribution is -2.41. The molecule has 1 fully saturated rings. The van der Waals surface area contributed by atoms with Gasteiger partial charge in [-0.3, -0.25) is 10.1 Å². The molecule has 94 valence electrons. The van der Waals surface area contributed by atoms with Gasteiger partial charge in [0.2, 0.25) is 5.91 Å². The van der Waals surface area contributed by atoms with Gasteiger partial charge in [0.1, 0.15) is 0 Å². The maximum Gasteiger partial charge on any atom is 0.262 e. The van der Waals surface area contributed by atoms with Crippen LogP contribution in [0.3, 0.4) is 0 Å². The normalized spacial score (nSPS) is 24.4. The van der Waals surface area contributed by atoms with E-state index in [1.54, 1.807) is 0 Å². The van der Waals surface area contributed by atoms with E-state index in [2.05, 4.69) is 31.4 Å². The molecule has 0 aliphatic carbocycles. The highest BCUT2D eigenvalue weighted by molar-refractivity contribution is 5.82. The number of halogens is 2. The topological polar surface area (TPSA) is 41.1 Å². The lowest BCUT2D eigenvalue weighted by atomic mass is 9.92. The number of carbonyl (C=O) groups is 1. The monoisotopic (exact) mass is 234 g/mol. The van der Waals surface area contributed by atoms with Gasteiger partial charge in [0.15, 0.2) is 0 Å². The SMILES string of the molecule is CC(C)(C)CCNC(=O)C1CC(F)(F)CN1. The van der Waals surface area contributed by atoms with Gasteiger partial charge in [-0.25, -0.2) is 8.78 Å². The van der Waals surface area contributed by atoms with Gasteiger partial charge < -0.3 is 5.32 Å².